The Morgan fingerprint density at radius 1 is 1.22 bits per heavy atom. The maximum Gasteiger partial charge on any atom is 0.248 e. The van der Waals surface area contributed by atoms with Crippen LogP contribution in [0.25, 0.3) is 0 Å². The summed E-state index contributed by atoms with van der Waals surface area (Å²) in [6, 6.07) is 0.255. The number of nitrogens with zero attached hydrogens (tertiary/aromatic N) is 3. The summed E-state index contributed by atoms with van der Waals surface area (Å²) in [6.45, 7) is 3.95. The molecule has 1 saturated carbocycles. The van der Waals surface area contributed by atoms with Crippen LogP contribution >= 0.6 is 0 Å². The van der Waals surface area contributed by atoms with Gasteiger partial charge in [-0.3, -0.25) is 9.48 Å². The summed E-state index contributed by atoms with van der Waals surface area (Å²) < 4.78 is 7.85. The molecule has 2 fully saturated rings. The molecule has 128 valence electrons. The first-order valence-electron chi connectivity index (χ1n) is 9.12. The van der Waals surface area contributed by atoms with Gasteiger partial charge < -0.3 is 9.64 Å². The molecule has 1 saturated heterocycles. The van der Waals surface area contributed by atoms with E-state index in [1.54, 1.807) is 0 Å². The monoisotopic (exact) mass is 319 g/mol. The van der Waals surface area contributed by atoms with E-state index < -0.39 is 0 Å². The Morgan fingerprint density at radius 3 is 2.74 bits per heavy atom. The number of hydrogen-bond donors (Lipinski definition) is 0. The predicted octanol–water partition coefficient (Wildman–Crippen LogP) is 2.92. The highest BCUT2D eigenvalue weighted by Gasteiger charge is 2.28. The van der Waals surface area contributed by atoms with Crippen LogP contribution in [0.15, 0.2) is 12.4 Å². The molecule has 2 aliphatic rings. The first-order valence-corrected chi connectivity index (χ1v) is 9.12. The number of piperidine rings is 1. The Hall–Kier alpha value is -1.36. The maximum atomic E-state index is 12.6. The molecule has 0 spiro atoms. The van der Waals surface area contributed by atoms with E-state index in [1.165, 1.54) is 31.2 Å². The van der Waals surface area contributed by atoms with E-state index >= 15 is 0 Å². The molecule has 23 heavy (non-hydrogen) atoms. The summed E-state index contributed by atoms with van der Waals surface area (Å²) in [4.78, 5) is 14.6. The molecule has 1 aromatic rings. The fraction of sp³-hybridized carbons (Fsp3) is 0.778. The van der Waals surface area contributed by atoms with Gasteiger partial charge in [0.05, 0.1) is 24.9 Å². The lowest BCUT2D eigenvalue weighted by Crippen LogP contribution is -2.47. The molecule has 1 atom stereocenters. The molecule has 5 heteroatoms. The first-order chi connectivity index (χ1) is 11.2. The highest BCUT2D eigenvalue weighted by atomic mass is 16.5. The van der Waals surface area contributed by atoms with E-state index in [0.717, 1.165) is 38.8 Å². The van der Waals surface area contributed by atoms with Gasteiger partial charge in [0.2, 0.25) is 5.91 Å². The number of aryl methyl sites for hydroxylation is 1. The van der Waals surface area contributed by atoms with Gasteiger partial charge in [-0.15, -0.1) is 0 Å². The van der Waals surface area contributed by atoms with Gasteiger partial charge in [0.1, 0.15) is 6.61 Å². The van der Waals surface area contributed by atoms with E-state index in [-0.39, 0.29) is 18.6 Å². The second kappa shape index (κ2) is 7.95. The molecule has 2 heterocycles. The van der Waals surface area contributed by atoms with Crippen molar-refractivity contribution >= 4 is 5.91 Å². The zero-order valence-corrected chi connectivity index (χ0v) is 14.2. The number of ether oxygens (including phenoxy) is 1. The molecule has 1 aliphatic carbocycles. The molecular weight excluding hydrogens is 290 g/mol. The molecule has 0 radical (unpaired) electrons. The molecule has 1 amide bonds. The summed E-state index contributed by atoms with van der Waals surface area (Å²) in [7, 11) is 0. The van der Waals surface area contributed by atoms with Crippen LogP contribution in [0.3, 0.4) is 0 Å². The summed E-state index contributed by atoms with van der Waals surface area (Å²) in [5, 5.41) is 4.37. The largest absolute Gasteiger partial charge is 0.368 e. The van der Waals surface area contributed by atoms with Crippen molar-refractivity contribution in [2.75, 3.05) is 13.2 Å². The number of amides is 1. The van der Waals surface area contributed by atoms with Crippen LogP contribution in [-0.4, -0.2) is 45.9 Å². The topological polar surface area (TPSA) is 47.4 Å². The lowest BCUT2D eigenvalue weighted by molar-refractivity contribution is -0.143. The normalized spacial score (nSPS) is 23.2. The van der Waals surface area contributed by atoms with Gasteiger partial charge in [-0.05, 0) is 44.6 Å². The zero-order valence-electron chi connectivity index (χ0n) is 14.2. The van der Waals surface area contributed by atoms with E-state index in [0.29, 0.717) is 6.10 Å². The van der Waals surface area contributed by atoms with E-state index in [4.69, 9.17) is 4.74 Å². The highest BCUT2D eigenvalue weighted by molar-refractivity contribution is 5.77. The lowest BCUT2D eigenvalue weighted by Gasteiger charge is -2.36. The molecule has 0 bridgehead atoms. The summed E-state index contributed by atoms with van der Waals surface area (Å²) in [5.74, 6) is 0.157. The lowest BCUT2D eigenvalue weighted by atomic mass is 9.98. The summed E-state index contributed by atoms with van der Waals surface area (Å²) in [6.07, 6.45) is 13.6. The molecule has 0 aromatic carbocycles. The third kappa shape index (κ3) is 4.56. The van der Waals surface area contributed by atoms with Crippen molar-refractivity contribution < 1.29 is 9.53 Å². The van der Waals surface area contributed by atoms with Crippen LogP contribution in [0.4, 0.5) is 0 Å². The van der Waals surface area contributed by atoms with Crippen LogP contribution in [0.1, 0.15) is 56.9 Å². The third-order valence-corrected chi connectivity index (χ3v) is 5.10. The van der Waals surface area contributed by atoms with Crippen molar-refractivity contribution in [1.29, 1.82) is 0 Å². The summed E-state index contributed by atoms with van der Waals surface area (Å²) in [5.41, 5.74) is 1.17. The number of carbonyl (C=O) groups excluding carboxylic acids is 1. The van der Waals surface area contributed by atoms with Gasteiger partial charge in [-0.2, -0.15) is 5.10 Å². The van der Waals surface area contributed by atoms with E-state index in [1.807, 2.05) is 22.7 Å². The van der Waals surface area contributed by atoms with Gasteiger partial charge in [0.25, 0.3) is 0 Å². The van der Waals surface area contributed by atoms with Gasteiger partial charge in [0.15, 0.2) is 0 Å². The Bertz CT molecular complexity index is 508. The van der Waals surface area contributed by atoms with Crippen molar-refractivity contribution in [1.82, 2.24) is 14.7 Å². The molecule has 0 N–H and O–H groups in total. The van der Waals surface area contributed by atoms with E-state index in [9.17, 15) is 4.79 Å². The van der Waals surface area contributed by atoms with Crippen LogP contribution in [0.5, 0.6) is 0 Å². The number of hydrogen-bond acceptors (Lipinski definition) is 3. The quantitative estimate of drug-likeness (QED) is 0.838. The zero-order chi connectivity index (χ0) is 16.1. The standard InChI is InChI=1S/C18H29N3O2/c1-15-11-19-20(12-15)13-16-7-5-6-10-21(16)18(22)14-23-17-8-3-2-4-9-17/h11-12,16-17H,2-10,13-14H2,1H3/t16-/m1/s1. The van der Waals surface area contributed by atoms with Crippen molar-refractivity contribution in [2.24, 2.45) is 0 Å². The Kier molecular flexibility index (Phi) is 5.70. The maximum absolute atomic E-state index is 12.6. The van der Waals surface area contributed by atoms with Crippen LogP contribution in [0, 0.1) is 6.92 Å². The number of likely N-dealkylation sites (tertiary alicyclic amines) is 1. The van der Waals surface area contributed by atoms with E-state index in [2.05, 4.69) is 11.3 Å². The molecule has 3 rings (SSSR count). The minimum atomic E-state index is 0.157. The average molecular weight is 319 g/mol. The smallest absolute Gasteiger partial charge is 0.248 e. The van der Waals surface area contributed by atoms with Crippen molar-refractivity contribution in [2.45, 2.75) is 77.0 Å². The van der Waals surface area contributed by atoms with Crippen molar-refractivity contribution in [3.63, 3.8) is 0 Å². The third-order valence-electron chi connectivity index (χ3n) is 5.10. The minimum Gasteiger partial charge on any atom is -0.368 e. The van der Waals surface area contributed by atoms with Crippen molar-refractivity contribution in [3.8, 4) is 0 Å². The number of rotatable bonds is 5. The fourth-order valence-corrected chi connectivity index (χ4v) is 3.81. The minimum absolute atomic E-state index is 0.157. The van der Waals surface area contributed by atoms with Gasteiger partial charge in [-0.1, -0.05) is 19.3 Å². The highest BCUT2D eigenvalue weighted by Crippen LogP contribution is 2.22. The Balaban J connectivity index is 1.53. The number of carbonyl (C=O) groups is 1. The molecule has 1 aromatic heterocycles. The molecule has 5 nitrogen and oxygen atoms in total. The second-order valence-corrected chi connectivity index (χ2v) is 7.05. The predicted molar refractivity (Wildman–Crippen MR) is 89.1 cm³/mol. The van der Waals surface area contributed by atoms with Crippen LogP contribution < -0.4 is 0 Å². The van der Waals surface area contributed by atoms with Gasteiger partial charge >= 0.3 is 0 Å². The first kappa shape index (κ1) is 16.5. The Morgan fingerprint density at radius 2 is 2.00 bits per heavy atom. The fourth-order valence-electron chi connectivity index (χ4n) is 3.81. The van der Waals surface area contributed by atoms with Crippen LogP contribution in [0.2, 0.25) is 0 Å². The van der Waals surface area contributed by atoms with Gasteiger partial charge in [0, 0.05) is 12.7 Å². The molecule has 0 unspecified atom stereocenters. The summed E-state index contributed by atoms with van der Waals surface area (Å²) >= 11 is 0. The SMILES string of the molecule is Cc1cnn(C[C@H]2CCCCN2C(=O)COC2CCCCC2)c1. The van der Waals surface area contributed by atoms with Gasteiger partial charge in [-0.25, -0.2) is 0 Å². The average Bonchev–Trinajstić information content (AvgIpc) is 2.99. The van der Waals surface area contributed by atoms with Crippen LogP contribution in [-0.2, 0) is 16.1 Å². The van der Waals surface area contributed by atoms with Crippen molar-refractivity contribution in [3.05, 3.63) is 18.0 Å². The second-order valence-electron chi connectivity index (χ2n) is 7.05. The molecular formula is C18H29N3O2. The Labute approximate surface area is 139 Å². The molecule has 1 aliphatic heterocycles. The number of aromatic nitrogens is 2.